The van der Waals surface area contributed by atoms with E-state index >= 15 is 0 Å². The van der Waals surface area contributed by atoms with Crippen molar-refractivity contribution in [2.45, 2.75) is 13.2 Å². The molecule has 0 saturated carbocycles. The van der Waals surface area contributed by atoms with Gasteiger partial charge in [-0.3, -0.25) is 4.98 Å². The zero-order valence-corrected chi connectivity index (χ0v) is 9.24. The molecule has 1 rings (SSSR count). The normalized spacial score (nSPS) is 12.8. The number of ether oxygens (including phenoxy) is 2. The lowest BCUT2D eigenvalue weighted by Crippen LogP contribution is -2.08. The zero-order chi connectivity index (χ0) is 9.68. The predicted molar refractivity (Wildman–Crippen MR) is 53.3 cm³/mol. The van der Waals surface area contributed by atoms with Gasteiger partial charge in [-0.15, -0.1) is 0 Å². The Kier molecular flexibility index (Phi) is 4.35. The maximum atomic E-state index is 5.33. The smallest absolute Gasteiger partial charge is 0.200 e. The van der Waals surface area contributed by atoms with Crippen molar-refractivity contribution in [1.29, 1.82) is 0 Å². The Morgan fingerprint density at radius 2 is 2.38 bits per heavy atom. The van der Waals surface area contributed by atoms with Crippen LogP contribution in [-0.4, -0.2) is 18.7 Å². The molecule has 0 fully saturated rings. The van der Waals surface area contributed by atoms with Gasteiger partial charge in [-0.25, -0.2) is 0 Å². The molecule has 1 atom stereocenters. The summed E-state index contributed by atoms with van der Waals surface area (Å²) in [6.45, 7) is 2.52. The SMILES string of the molecule is CCOC(OC)c1cc(Br)ccn1. The average Bonchev–Trinajstić information content (AvgIpc) is 2.14. The Hall–Kier alpha value is -0.450. The quantitative estimate of drug-likeness (QED) is 0.765. The van der Waals surface area contributed by atoms with Crippen LogP contribution in [0.3, 0.4) is 0 Å². The minimum Gasteiger partial charge on any atom is -0.350 e. The largest absolute Gasteiger partial charge is 0.350 e. The number of halogens is 1. The second-order valence-corrected chi connectivity index (χ2v) is 3.34. The molecule has 0 aromatic carbocycles. The van der Waals surface area contributed by atoms with Crippen molar-refractivity contribution in [2.24, 2.45) is 0 Å². The molecule has 1 aromatic rings. The van der Waals surface area contributed by atoms with Gasteiger partial charge in [0.25, 0.3) is 0 Å². The molecule has 13 heavy (non-hydrogen) atoms. The number of pyridine rings is 1. The molecule has 0 radical (unpaired) electrons. The van der Waals surface area contributed by atoms with E-state index in [1.54, 1.807) is 13.3 Å². The third-order valence-electron chi connectivity index (χ3n) is 1.52. The third kappa shape index (κ3) is 3.06. The van der Waals surface area contributed by atoms with Crippen LogP contribution in [0.15, 0.2) is 22.8 Å². The van der Waals surface area contributed by atoms with Crippen molar-refractivity contribution in [3.63, 3.8) is 0 Å². The molecular weight excluding hydrogens is 234 g/mol. The lowest BCUT2D eigenvalue weighted by molar-refractivity contribution is -0.126. The summed E-state index contributed by atoms with van der Waals surface area (Å²) in [5, 5.41) is 0. The predicted octanol–water partition coefficient (Wildman–Crippen LogP) is 2.53. The van der Waals surface area contributed by atoms with Crippen LogP contribution >= 0.6 is 15.9 Å². The van der Waals surface area contributed by atoms with Crippen LogP contribution in [0.1, 0.15) is 18.9 Å². The van der Waals surface area contributed by atoms with E-state index in [0.717, 1.165) is 10.2 Å². The van der Waals surface area contributed by atoms with Crippen molar-refractivity contribution in [3.8, 4) is 0 Å². The van der Waals surface area contributed by atoms with Crippen LogP contribution in [0.5, 0.6) is 0 Å². The fourth-order valence-corrected chi connectivity index (χ4v) is 1.33. The molecule has 72 valence electrons. The Balaban J connectivity index is 2.78. The van der Waals surface area contributed by atoms with Gasteiger partial charge >= 0.3 is 0 Å². The zero-order valence-electron chi connectivity index (χ0n) is 7.66. The van der Waals surface area contributed by atoms with E-state index in [2.05, 4.69) is 20.9 Å². The highest BCUT2D eigenvalue weighted by atomic mass is 79.9. The maximum absolute atomic E-state index is 5.33. The summed E-state index contributed by atoms with van der Waals surface area (Å²) in [5.74, 6) is 0. The minimum absolute atomic E-state index is 0.373. The van der Waals surface area contributed by atoms with Gasteiger partial charge in [-0.05, 0) is 19.1 Å². The first-order valence-corrected chi connectivity index (χ1v) is 4.83. The van der Waals surface area contributed by atoms with Crippen LogP contribution in [0.25, 0.3) is 0 Å². The van der Waals surface area contributed by atoms with Gasteiger partial charge < -0.3 is 9.47 Å². The fourth-order valence-electron chi connectivity index (χ4n) is 0.976. The van der Waals surface area contributed by atoms with Gasteiger partial charge in [0, 0.05) is 24.4 Å². The number of rotatable bonds is 4. The van der Waals surface area contributed by atoms with Gasteiger partial charge in [-0.2, -0.15) is 0 Å². The van der Waals surface area contributed by atoms with Gasteiger partial charge in [0.05, 0.1) is 5.69 Å². The van der Waals surface area contributed by atoms with Crippen LogP contribution in [0, 0.1) is 0 Å². The minimum atomic E-state index is -0.373. The molecule has 0 aliphatic rings. The second-order valence-electron chi connectivity index (χ2n) is 2.42. The van der Waals surface area contributed by atoms with Crippen LogP contribution in [-0.2, 0) is 9.47 Å². The van der Waals surface area contributed by atoms with Crippen molar-refractivity contribution < 1.29 is 9.47 Å². The van der Waals surface area contributed by atoms with Gasteiger partial charge in [-0.1, -0.05) is 15.9 Å². The number of hydrogen-bond donors (Lipinski definition) is 0. The molecule has 0 saturated heterocycles. The molecule has 0 N–H and O–H groups in total. The highest BCUT2D eigenvalue weighted by molar-refractivity contribution is 9.10. The Bertz CT molecular complexity index is 268. The van der Waals surface area contributed by atoms with E-state index in [4.69, 9.17) is 9.47 Å². The summed E-state index contributed by atoms with van der Waals surface area (Å²) in [6, 6.07) is 3.74. The maximum Gasteiger partial charge on any atom is 0.200 e. The first kappa shape index (κ1) is 10.6. The molecule has 1 unspecified atom stereocenters. The highest BCUT2D eigenvalue weighted by Gasteiger charge is 2.10. The van der Waals surface area contributed by atoms with Crippen LogP contribution in [0.4, 0.5) is 0 Å². The van der Waals surface area contributed by atoms with Gasteiger partial charge in [0.15, 0.2) is 0 Å². The third-order valence-corrected chi connectivity index (χ3v) is 2.01. The molecule has 0 spiro atoms. The van der Waals surface area contributed by atoms with Gasteiger partial charge in [0.2, 0.25) is 6.29 Å². The van der Waals surface area contributed by atoms with Crippen molar-refractivity contribution in [1.82, 2.24) is 4.98 Å². The standard InChI is InChI=1S/C9H12BrNO2/c1-3-13-9(12-2)8-6-7(10)4-5-11-8/h4-6,9H,3H2,1-2H3. The molecule has 0 amide bonds. The van der Waals surface area contributed by atoms with Gasteiger partial charge in [0.1, 0.15) is 0 Å². The van der Waals surface area contributed by atoms with Crippen molar-refractivity contribution in [2.75, 3.05) is 13.7 Å². The molecule has 1 aromatic heterocycles. The molecule has 4 heteroatoms. The first-order valence-electron chi connectivity index (χ1n) is 4.03. The molecule has 0 aliphatic carbocycles. The van der Waals surface area contributed by atoms with Crippen molar-refractivity contribution in [3.05, 3.63) is 28.5 Å². The molecule has 3 nitrogen and oxygen atoms in total. The lowest BCUT2D eigenvalue weighted by Gasteiger charge is -2.14. The Labute approximate surface area is 86.2 Å². The Morgan fingerprint density at radius 3 is 2.92 bits per heavy atom. The number of methoxy groups -OCH3 is 1. The molecule has 0 aliphatic heterocycles. The highest BCUT2D eigenvalue weighted by Crippen LogP contribution is 2.18. The number of aromatic nitrogens is 1. The topological polar surface area (TPSA) is 31.4 Å². The van der Waals surface area contributed by atoms with E-state index in [1.165, 1.54) is 0 Å². The summed E-state index contributed by atoms with van der Waals surface area (Å²) in [5.41, 5.74) is 0.777. The first-order chi connectivity index (χ1) is 6.27. The van der Waals surface area contributed by atoms with E-state index < -0.39 is 0 Å². The fraction of sp³-hybridized carbons (Fsp3) is 0.444. The van der Waals surface area contributed by atoms with E-state index in [1.807, 2.05) is 19.1 Å². The Morgan fingerprint density at radius 1 is 1.62 bits per heavy atom. The average molecular weight is 246 g/mol. The number of nitrogens with zero attached hydrogens (tertiary/aromatic N) is 1. The summed E-state index contributed by atoms with van der Waals surface area (Å²) in [7, 11) is 1.60. The van der Waals surface area contributed by atoms with E-state index in [0.29, 0.717) is 6.61 Å². The van der Waals surface area contributed by atoms with Crippen LogP contribution < -0.4 is 0 Å². The van der Waals surface area contributed by atoms with Crippen LogP contribution in [0.2, 0.25) is 0 Å². The summed E-state index contributed by atoms with van der Waals surface area (Å²) < 4.78 is 11.4. The van der Waals surface area contributed by atoms with E-state index in [9.17, 15) is 0 Å². The van der Waals surface area contributed by atoms with E-state index in [-0.39, 0.29) is 6.29 Å². The monoisotopic (exact) mass is 245 g/mol. The lowest BCUT2D eigenvalue weighted by atomic mass is 10.3. The van der Waals surface area contributed by atoms with Crippen molar-refractivity contribution >= 4 is 15.9 Å². The summed E-state index contributed by atoms with van der Waals surface area (Å²) in [4.78, 5) is 4.15. The second kappa shape index (κ2) is 5.32. The summed E-state index contributed by atoms with van der Waals surface area (Å²) >= 11 is 3.36. The molecule has 1 heterocycles. The molecule has 0 bridgehead atoms. The molecular formula is C9H12BrNO2. The number of hydrogen-bond acceptors (Lipinski definition) is 3. The summed E-state index contributed by atoms with van der Waals surface area (Å²) in [6.07, 6.45) is 1.34.